The van der Waals surface area contributed by atoms with E-state index in [1.165, 1.54) is 13.2 Å². The van der Waals surface area contributed by atoms with Crippen LogP contribution in [-0.4, -0.2) is 51.7 Å². The van der Waals surface area contributed by atoms with Crippen LogP contribution in [0.2, 0.25) is 5.02 Å². The highest BCUT2D eigenvalue weighted by Crippen LogP contribution is 2.35. The highest BCUT2D eigenvalue weighted by Gasteiger charge is 2.36. The zero-order valence-corrected chi connectivity index (χ0v) is 15.7. The molecule has 1 heterocycles. The highest BCUT2D eigenvalue weighted by atomic mass is 35.5. The summed E-state index contributed by atoms with van der Waals surface area (Å²) in [4.78, 5) is 14.6. The van der Waals surface area contributed by atoms with Crippen molar-refractivity contribution in [3.63, 3.8) is 0 Å². The number of likely N-dealkylation sites (tertiary alicyclic amines) is 1. The average molecular weight is 375 g/mol. The minimum atomic E-state index is -3.71. The summed E-state index contributed by atoms with van der Waals surface area (Å²) in [5.41, 5.74) is 0.284. The summed E-state index contributed by atoms with van der Waals surface area (Å²) in [6.07, 6.45) is 3.34. The van der Waals surface area contributed by atoms with Crippen LogP contribution in [0.4, 0.5) is 5.69 Å². The molecule has 0 bridgehead atoms. The van der Waals surface area contributed by atoms with Crippen molar-refractivity contribution < 1.29 is 17.9 Å². The quantitative estimate of drug-likeness (QED) is 0.767. The lowest BCUT2D eigenvalue weighted by Gasteiger charge is -2.33. The van der Waals surface area contributed by atoms with Gasteiger partial charge in [-0.3, -0.25) is 9.10 Å². The number of benzene rings is 1. The smallest absolute Gasteiger partial charge is 0.246 e. The first-order chi connectivity index (χ1) is 11.3. The van der Waals surface area contributed by atoms with E-state index in [2.05, 4.69) is 0 Å². The van der Waals surface area contributed by atoms with E-state index in [1.807, 2.05) is 0 Å². The molecular formula is C16H23ClN2O4S. The fraction of sp³-hybridized carbons (Fsp3) is 0.562. The number of hydrogen-bond donors (Lipinski definition) is 0. The van der Waals surface area contributed by atoms with E-state index in [0.717, 1.165) is 23.4 Å². The lowest BCUT2D eigenvalue weighted by Crippen LogP contribution is -2.50. The van der Waals surface area contributed by atoms with Crippen molar-refractivity contribution in [3.05, 3.63) is 23.2 Å². The van der Waals surface area contributed by atoms with Crippen molar-refractivity contribution >= 4 is 33.2 Å². The van der Waals surface area contributed by atoms with Gasteiger partial charge in [0.1, 0.15) is 11.8 Å². The molecule has 0 aromatic heterocycles. The molecule has 24 heavy (non-hydrogen) atoms. The number of carbonyl (C=O) groups excluding carboxylic acids is 1. The maximum Gasteiger partial charge on any atom is 0.246 e. The molecule has 1 aliphatic heterocycles. The third kappa shape index (κ3) is 3.95. The van der Waals surface area contributed by atoms with Crippen molar-refractivity contribution in [2.45, 2.75) is 32.2 Å². The van der Waals surface area contributed by atoms with E-state index in [4.69, 9.17) is 16.3 Å². The van der Waals surface area contributed by atoms with Crippen LogP contribution < -0.4 is 9.04 Å². The van der Waals surface area contributed by atoms with Gasteiger partial charge in [-0.25, -0.2) is 8.42 Å². The Morgan fingerprint density at radius 2 is 2.00 bits per heavy atom. The standard InChI is InChI=1S/C16H23ClN2O4S/c1-4-13(16(20)18-9-5-6-10-18)19(24(3,21)22)14-11-12(17)7-8-15(14)23-2/h7-8,11,13H,4-6,9-10H2,1-3H3/t13-/m1/s1. The van der Waals surface area contributed by atoms with Crippen LogP contribution in [-0.2, 0) is 14.8 Å². The van der Waals surface area contributed by atoms with Crippen LogP contribution in [0, 0.1) is 0 Å². The minimum Gasteiger partial charge on any atom is -0.495 e. The number of hydrogen-bond acceptors (Lipinski definition) is 4. The van der Waals surface area contributed by atoms with Crippen molar-refractivity contribution in [3.8, 4) is 5.75 Å². The van der Waals surface area contributed by atoms with Crippen LogP contribution in [0.3, 0.4) is 0 Å². The topological polar surface area (TPSA) is 66.9 Å². The Kier molecular flexibility index (Phi) is 5.98. The van der Waals surface area contributed by atoms with Gasteiger partial charge in [0, 0.05) is 18.1 Å². The largest absolute Gasteiger partial charge is 0.495 e. The molecular weight excluding hydrogens is 352 g/mol. The van der Waals surface area contributed by atoms with Crippen molar-refractivity contribution in [1.29, 1.82) is 0 Å². The lowest BCUT2D eigenvalue weighted by molar-refractivity contribution is -0.131. The monoisotopic (exact) mass is 374 g/mol. The fourth-order valence-corrected chi connectivity index (χ4v) is 4.37. The summed E-state index contributed by atoms with van der Waals surface area (Å²) in [6, 6.07) is 3.92. The van der Waals surface area contributed by atoms with Crippen LogP contribution >= 0.6 is 11.6 Å². The molecule has 0 N–H and O–H groups in total. The molecule has 1 fully saturated rings. The van der Waals surface area contributed by atoms with E-state index in [0.29, 0.717) is 30.3 Å². The van der Waals surface area contributed by atoms with Gasteiger partial charge in [-0.15, -0.1) is 0 Å². The molecule has 0 radical (unpaired) electrons. The number of nitrogens with zero attached hydrogens (tertiary/aromatic N) is 2. The third-order valence-corrected chi connectivity index (χ3v) is 5.51. The van der Waals surface area contributed by atoms with Gasteiger partial charge in [0.15, 0.2) is 0 Å². The van der Waals surface area contributed by atoms with E-state index in [9.17, 15) is 13.2 Å². The predicted molar refractivity (Wildman–Crippen MR) is 95.2 cm³/mol. The van der Waals surface area contributed by atoms with E-state index >= 15 is 0 Å². The Balaban J connectivity index is 2.52. The summed E-state index contributed by atoms with van der Waals surface area (Å²) in [5.74, 6) is 0.181. The van der Waals surface area contributed by atoms with E-state index in [-0.39, 0.29) is 11.6 Å². The molecule has 8 heteroatoms. The molecule has 1 aliphatic rings. The molecule has 1 aromatic rings. The Hall–Kier alpha value is -1.47. The van der Waals surface area contributed by atoms with Gasteiger partial charge in [0.2, 0.25) is 15.9 Å². The molecule has 0 spiro atoms. The molecule has 1 atom stereocenters. The Morgan fingerprint density at radius 3 is 2.50 bits per heavy atom. The molecule has 6 nitrogen and oxygen atoms in total. The van der Waals surface area contributed by atoms with Crippen LogP contribution in [0.15, 0.2) is 18.2 Å². The van der Waals surface area contributed by atoms with Gasteiger partial charge in [-0.1, -0.05) is 18.5 Å². The second kappa shape index (κ2) is 7.61. The van der Waals surface area contributed by atoms with Crippen molar-refractivity contribution in [1.82, 2.24) is 4.90 Å². The molecule has 1 saturated heterocycles. The van der Waals surface area contributed by atoms with Gasteiger partial charge >= 0.3 is 0 Å². The van der Waals surface area contributed by atoms with Crippen molar-refractivity contribution in [2.75, 3.05) is 30.8 Å². The number of amides is 1. The van der Waals surface area contributed by atoms with E-state index in [1.54, 1.807) is 24.0 Å². The summed E-state index contributed by atoms with van der Waals surface area (Å²) < 4.78 is 31.4. The van der Waals surface area contributed by atoms with Gasteiger partial charge in [-0.2, -0.15) is 0 Å². The molecule has 1 amide bonds. The number of halogens is 1. The Labute approximate surface area is 148 Å². The summed E-state index contributed by atoms with van der Waals surface area (Å²) in [6.45, 7) is 3.13. The maximum atomic E-state index is 12.9. The molecule has 0 unspecified atom stereocenters. The Bertz CT molecular complexity index is 702. The molecule has 2 rings (SSSR count). The lowest BCUT2D eigenvalue weighted by atomic mass is 10.1. The zero-order valence-electron chi connectivity index (χ0n) is 14.2. The molecule has 0 aliphatic carbocycles. The number of methoxy groups -OCH3 is 1. The predicted octanol–water partition coefficient (Wildman–Crippen LogP) is 2.52. The average Bonchev–Trinajstić information content (AvgIpc) is 3.05. The zero-order chi connectivity index (χ0) is 17.9. The summed E-state index contributed by atoms with van der Waals surface area (Å²) >= 11 is 6.05. The summed E-state index contributed by atoms with van der Waals surface area (Å²) in [5, 5.41) is 0.378. The number of sulfonamides is 1. The first kappa shape index (κ1) is 18.9. The van der Waals surface area contributed by atoms with Gasteiger partial charge in [0.05, 0.1) is 19.1 Å². The van der Waals surface area contributed by atoms with Crippen LogP contribution in [0.1, 0.15) is 26.2 Å². The van der Waals surface area contributed by atoms with Crippen LogP contribution in [0.25, 0.3) is 0 Å². The second-order valence-corrected chi connectivity index (χ2v) is 8.13. The highest BCUT2D eigenvalue weighted by molar-refractivity contribution is 7.92. The SMILES string of the molecule is CC[C@H](C(=O)N1CCCC1)N(c1cc(Cl)ccc1OC)S(C)(=O)=O. The van der Waals surface area contributed by atoms with Crippen LogP contribution in [0.5, 0.6) is 5.75 Å². The molecule has 134 valence electrons. The minimum absolute atomic E-state index is 0.178. The third-order valence-electron chi connectivity index (χ3n) is 4.11. The van der Waals surface area contributed by atoms with Gasteiger partial charge in [-0.05, 0) is 37.5 Å². The molecule has 1 aromatic carbocycles. The first-order valence-corrected chi connectivity index (χ1v) is 10.1. The Morgan fingerprint density at radius 1 is 1.38 bits per heavy atom. The van der Waals surface area contributed by atoms with E-state index < -0.39 is 16.1 Å². The summed E-state index contributed by atoms with van der Waals surface area (Å²) in [7, 11) is -2.25. The number of rotatable bonds is 6. The number of anilines is 1. The second-order valence-electron chi connectivity index (χ2n) is 5.83. The maximum absolute atomic E-state index is 12.9. The normalized spacial score (nSPS) is 16.1. The van der Waals surface area contributed by atoms with Gasteiger partial charge < -0.3 is 9.64 Å². The fourth-order valence-electron chi connectivity index (χ4n) is 3.00. The number of ether oxygens (including phenoxy) is 1. The van der Waals surface area contributed by atoms with Crippen molar-refractivity contribution in [2.24, 2.45) is 0 Å². The first-order valence-electron chi connectivity index (χ1n) is 7.91. The number of carbonyl (C=O) groups is 1. The van der Waals surface area contributed by atoms with Gasteiger partial charge in [0.25, 0.3) is 0 Å². The molecule has 0 saturated carbocycles.